The lowest BCUT2D eigenvalue weighted by molar-refractivity contribution is -0.129. The smallest absolute Gasteiger partial charge is 0.223 e. The van der Waals surface area contributed by atoms with Gasteiger partial charge in [-0.25, -0.2) is 0 Å². The maximum atomic E-state index is 11.8. The lowest BCUT2D eigenvalue weighted by Crippen LogP contribution is -2.26. The van der Waals surface area contributed by atoms with Gasteiger partial charge in [0.15, 0.2) is 0 Å². The highest BCUT2D eigenvalue weighted by molar-refractivity contribution is 7.98. The van der Waals surface area contributed by atoms with Gasteiger partial charge in [-0.05, 0) is 24.0 Å². The van der Waals surface area contributed by atoms with E-state index >= 15 is 0 Å². The molecule has 0 atom stereocenters. The average Bonchev–Trinajstić information content (AvgIpc) is 2.46. The van der Waals surface area contributed by atoms with Crippen molar-refractivity contribution in [3.05, 3.63) is 35.4 Å². The van der Waals surface area contributed by atoms with E-state index in [1.54, 1.807) is 16.7 Å². The minimum atomic E-state index is 0.0913. The predicted molar refractivity (Wildman–Crippen MR) is 84.5 cm³/mol. The van der Waals surface area contributed by atoms with Crippen molar-refractivity contribution in [2.75, 3.05) is 25.7 Å². The summed E-state index contributed by atoms with van der Waals surface area (Å²) < 4.78 is 0. The van der Waals surface area contributed by atoms with Gasteiger partial charge in [0, 0.05) is 37.8 Å². The fourth-order valence-electron chi connectivity index (χ4n) is 1.66. The topological polar surface area (TPSA) is 40.5 Å². The summed E-state index contributed by atoms with van der Waals surface area (Å²) in [5.41, 5.74) is 2.02. The van der Waals surface area contributed by atoms with Crippen molar-refractivity contribution in [1.82, 2.24) is 4.90 Å². The molecule has 1 aromatic carbocycles. The molecule has 0 aliphatic heterocycles. The molecule has 0 heterocycles. The van der Waals surface area contributed by atoms with Crippen molar-refractivity contribution in [2.45, 2.75) is 19.4 Å². The van der Waals surface area contributed by atoms with Crippen LogP contribution >= 0.6 is 11.8 Å². The molecule has 0 fully saturated rings. The lowest BCUT2D eigenvalue weighted by Gasteiger charge is -2.17. The highest BCUT2D eigenvalue weighted by Gasteiger charge is 2.08. The molecule has 0 unspecified atom stereocenters. The highest BCUT2D eigenvalue weighted by atomic mass is 32.2. The molecule has 3 nitrogen and oxygen atoms in total. The van der Waals surface area contributed by atoms with Gasteiger partial charge in [-0.3, -0.25) is 4.79 Å². The number of nitrogens with zero attached hydrogens (tertiary/aromatic N) is 1. The number of carbonyl (C=O) groups is 1. The van der Waals surface area contributed by atoms with Crippen LogP contribution in [0.1, 0.15) is 24.0 Å². The molecule has 0 saturated heterocycles. The van der Waals surface area contributed by atoms with Gasteiger partial charge < -0.3 is 10.0 Å². The van der Waals surface area contributed by atoms with E-state index in [9.17, 15) is 4.79 Å². The molecule has 0 spiro atoms. The average molecular weight is 291 g/mol. The molecule has 0 aromatic heterocycles. The Morgan fingerprint density at radius 2 is 2.05 bits per heavy atom. The highest BCUT2D eigenvalue weighted by Crippen LogP contribution is 2.08. The molecule has 0 radical (unpaired) electrons. The second-order valence-corrected chi connectivity index (χ2v) is 5.45. The Morgan fingerprint density at radius 1 is 1.35 bits per heavy atom. The first kappa shape index (κ1) is 16.6. The van der Waals surface area contributed by atoms with Crippen LogP contribution in [0.25, 0.3) is 0 Å². The van der Waals surface area contributed by atoms with Crippen LogP contribution in [0.2, 0.25) is 0 Å². The standard InChI is InChI=1S/C16H21NO2S/c1-17(16(19)10-12-20-2)13-15-8-6-14(7-9-15)5-3-4-11-18/h6-9,18H,4,10-13H2,1-2H3. The first-order chi connectivity index (χ1) is 9.67. The quantitative estimate of drug-likeness (QED) is 0.816. The van der Waals surface area contributed by atoms with Crippen LogP contribution < -0.4 is 0 Å². The molecular weight excluding hydrogens is 270 g/mol. The molecular formula is C16H21NO2S. The van der Waals surface area contributed by atoms with Gasteiger partial charge in [-0.1, -0.05) is 24.0 Å². The molecule has 1 N–H and O–H groups in total. The molecule has 0 saturated carbocycles. The van der Waals surface area contributed by atoms with Gasteiger partial charge in [0.1, 0.15) is 0 Å². The Balaban J connectivity index is 2.53. The molecule has 1 rings (SSSR count). The number of thioether (sulfide) groups is 1. The van der Waals surface area contributed by atoms with Gasteiger partial charge in [0.2, 0.25) is 5.91 Å². The summed E-state index contributed by atoms with van der Waals surface area (Å²) in [7, 11) is 1.83. The van der Waals surface area contributed by atoms with Crippen LogP contribution in [0.5, 0.6) is 0 Å². The van der Waals surface area contributed by atoms with Crippen molar-refractivity contribution in [1.29, 1.82) is 0 Å². The normalized spacial score (nSPS) is 9.75. The van der Waals surface area contributed by atoms with Crippen LogP contribution in [-0.2, 0) is 11.3 Å². The Kier molecular flexibility index (Phi) is 7.86. The Bertz CT molecular complexity index is 473. The van der Waals surface area contributed by atoms with Gasteiger partial charge in [-0.15, -0.1) is 0 Å². The van der Waals surface area contributed by atoms with Crippen molar-refractivity contribution >= 4 is 17.7 Å². The fraction of sp³-hybridized carbons (Fsp3) is 0.438. The maximum absolute atomic E-state index is 11.8. The first-order valence-electron chi connectivity index (χ1n) is 6.59. The van der Waals surface area contributed by atoms with Crippen molar-refractivity contribution in [2.24, 2.45) is 0 Å². The van der Waals surface area contributed by atoms with Crippen LogP contribution in [-0.4, -0.2) is 41.6 Å². The summed E-state index contributed by atoms with van der Waals surface area (Å²) in [6, 6.07) is 7.86. The number of aliphatic hydroxyl groups is 1. The van der Waals surface area contributed by atoms with E-state index in [1.807, 2.05) is 37.6 Å². The van der Waals surface area contributed by atoms with Gasteiger partial charge >= 0.3 is 0 Å². The van der Waals surface area contributed by atoms with Crippen LogP contribution in [0.3, 0.4) is 0 Å². The molecule has 20 heavy (non-hydrogen) atoms. The Morgan fingerprint density at radius 3 is 2.65 bits per heavy atom. The van der Waals surface area contributed by atoms with Crippen LogP contribution in [0, 0.1) is 11.8 Å². The number of benzene rings is 1. The van der Waals surface area contributed by atoms with E-state index in [-0.39, 0.29) is 12.5 Å². The van der Waals surface area contributed by atoms with E-state index < -0.39 is 0 Å². The zero-order chi connectivity index (χ0) is 14.8. The Labute approximate surface area is 125 Å². The molecule has 4 heteroatoms. The molecule has 108 valence electrons. The second kappa shape index (κ2) is 9.46. The summed E-state index contributed by atoms with van der Waals surface area (Å²) in [6.07, 6.45) is 3.08. The van der Waals surface area contributed by atoms with E-state index in [2.05, 4.69) is 11.8 Å². The Hall–Kier alpha value is -1.44. The monoisotopic (exact) mass is 291 g/mol. The number of carbonyl (C=O) groups excluding carboxylic acids is 1. The van der Waals surface area contributed by atoms with Crippen molar-refractivity contribution < 1.29 is 9.90 Å². The largest absolute Gasteiger partial charge is 0.395 e. The number of hydrogen-bond acceptors (Lipinski definition) is 3. The molecule has 0 bridgehead atoms. The third kappa shape index (κ3) is 6.14. The third-order valence-electron chi connectivity index (χ3n) is 2.79. The second-order valence-electron chi connectivity index (χ2n) is 4.46. The maximum Gasteiger partial charge on any atom is 0.223 e. The molecule has 0 aliphatic carbocycles. The van der Waals surface area contributed by atoms with Gasteiger partial charge in [-0.2, -0.15) is 11.8 Å². The SMILES string of the molecule is CSCCC(=O)N(C)Cc1ccc(C#CCCO)cc1. The third-order valence-corrected chi connectivity index (χ3v) is 3.40. The van der Waals surface area contributed by atoms with Crippen molar-refractivity contribution in [3.63, 3.8) is 0 Å². The number of rotatable bonds is 6. The number of hydrogen-bond donors (Lipinski definition) is 1. The van der Waals surface area contributed by atoms with Crippen LogP contribution in [0.15, 0.2) is 24.3 Å². The zero-order valence-corrected chi connectivity index (χ0v) is 12.9. The minimum Gasteiger partial charge on any atom is -0.395 e. The van der Waals surface area contributed by atoms with E-state index in [0.29, 0.717) is 19.4 Å². The predicted octanol–water partition coefficient (Wildman–Crippen LogP) is 2.13. The summed E-state index contributed by atoms with van der Waals surface area (Å²) >= 11 is 1.68. The van der Waals surface area contributed by atoms with Gasteiger partial charge in [0.25, 0.3) is 0 Å². The zero-order valence-electron chi connectivity index (χ0n) is 12.1. The summed E-state index contributed by atoms with van der Waals surface area (Å²) in [5, 5.41) is 8.66. The summed E-state index contributed by atoms with van der Waals surface area (Å²) in [4.78, 5) is 13.6. The molecule has 1 amide bonds. The summed E-state index contributed by atoms with van der Waals surface area (Å²) in [6.45, 7) is 0.714. The van der Waals surface area contributed by atoms with E-state index in [4.69, 9.17) is 5.11 Å². The van der Waals surface area contributed by atoms with E-state index in [1.165, 1.54) is 0 Å². The van der Waals surface area contributed by atoms with Crippen LogP contribution in [0.4, 0.5) is 0 Å². The molecule has 0 aliphatic rings. The van der Waals surface area contributed by atoms with Crippen molar-refractivity contribution in [3.8, 4) is 11.8 Å². The summed E-state index contributed by atoms with van der Waals surface area (Å²) in [5.74, 6) is 6.91. The number of aliphatic hydroxyl groups excluding tert-OH is 1. The lowest BCUT2D eigenvalue weighted by atomic mass is 10.1. The minimum absolute atomic E-state index is 0.0913. The molecule has 1 aromatic rings. The number of amides is 1. The van der Waals surface area contributed by atoms with Gasteiger partial charge in [0.05, 0.1) is 6.61 Å². The fourth-order valence-corrected chi connectivity index (χ4v) is 2.03. The van der Waals surface area contributed by atoms with E-state index in [0.717, 1.165) is 16.9 Å². The first-order valence-corrected chi connectivity index (χ1v) is 7.98.